The molecule has 28 heavy (non-hydrogen) atoms. The zero-order valence-corrected chi connectivity index (χ0v) is 16.8. The number of carboxylic acids is 1. The number of aliphatic carboxylic acids is 1. The molecule has 2 rings (SSSR count). The normalized spacial score (nSPS) is 12.6. The lowest BCUT2D eigenvalue weighted by molar-refractivity contribution is -0.140. The Morgan fingerprint density at radius 2 is 1.46 bits per heavy atom. The second kappa shape index (κ2) is 8.99. The first-order valence-electron chi connectivity index (χ1n) is 8.79. The standard InChI is InChI=1S/C20H24N2O5S/c1-13(2)19(20(24)25)22-28(26,27)18-10-8-17(9-11-18)16-6-4-15(5-7-16)12-21-14(3)23/h4-11,13,19,22H,12H2,1-3H3,(H,21,23)(H,24,25). The van der Waals surface area contributed by atoms with E-state index in [1.165, 1.54) is 19.1 Å². The summed E-state index contributed by atoms with van der Waals surface area (Å²) in [5.74, 6) is -1.70. The van der Waals surface area contributed by atoms with Crippen LogP contribution in [0.4, 0.5) is 0 Å². The molecule has 0 aliphatic carbocycles. The summed E-state index contributed by atoms with van der Waals surface area (Å²) in [6.45, 7) is 5.18. The summed E-state index contributed by atoms with van der Waals surface area (Å²) in [6, 6.07) is 12.6. The molecule has 2 aromatic carbocycles. The molecule has 0 radical (unpaired) electrons. The number of carboxylic acid groups (broad SMARTS) is 1. The van der Waals surface area contributed by atoms with Crippen LogP contribution >= 0.6 is 0 Å². The fourth-order valence-corrected chi connectivity index (χ4v) is 3.91. The summed E-state index contributed by atoms with van der Waals surface area (Å²) in [5, 5.41) is 11.9. The summed E-state index contributed by atoms with van der Waals surface area (Å²) >= 11 is 0. The summed E-state index contributed by atoms with van der Waals surface area (Å²) in [5.41, 5.74) is 2.67. The van der Waals surface area contributed by atoms with Gasteiger partial charge < -0.3 is 10.4 Å². The Morgan fingerprint density at radius 1 is 0.964 bits per heavy atom. The number of rotatable bonds is 8. The Kier molecular flexibility index (Phi) is 6.93. The number of sulfonamides is 1. The van der Waals surface area contributed by atoms with Gasteiger partial charge >= 0.3 is 5.97 Å². The van der Waals surface area contributed by atoms with Crippen LogP contribution in [0.5, 0.6) is 0 Å². The monoisotopic (exact) mass is 404 g/mol. The SMILES string of the molecule is CC(=O)NCc1ccc(-c2ccc(S(=O)(=O)NC(C(=O)O)C(C)C)cc2)cc1. The van der Waals surface area contributed by atoms with Gasteiger partial charge in [-0.25, -0.2) is 8.42 Å². The summed E-state index contributed by atoms with van der Waals surface area (Å²) in [7, 11) is -3.94. The van der Waals surface area contributed by atoms with E-state index in [4.69, 9.17) is 0 Å². The van der Waals surface area contributed by atoms with Crippen molar-refractivity contribution in [2.45, 2.75) is 38.3 Å². The van der Waals surface area contributed by atoms with Crippen molar-refractivity contribution < 1.29 is 23.1 Å². The van der Waals surface area contributed by atoms with Gasteiger partial charge in [0.2, 0.25) is 15.9 Å². The molecular weight excluding hydrogens is 380 g/mol. The van der Waals surface area contributed by atoms with Crippen LogP contribution in [0.2, 0.25) is 0 Å². The van der Waals surface area contributed by atoms with E-state index >= 15 is 0 Å². The van der Waals surface area contributed by atoms with Crippen molar-refractivity contribution in [2.24, 2.45) is 5.92 Å². The Balaban J connectivity index is 2.16. The fourth-order valence-electron chi connectivity index (χ4n) is 2.57. The molecule has 150 valence electrons. The van der Waals surface area contributed by atoms with Gasteiger partial charge in [-0.05, 0) is 34.7 Å². The van der Waals surface area contributed by atoms with Crippen LogP contribution in [0, 0.1) is 5.92 Å². The van der Waals surface area contributed by atoms with E-state index in [1.807, 2.05) is 24.3 Å². The molecule has 0 aromatic heterocycles. The van der Waals surface area contributed by atoms with Crippen LogP contribution in [0.25, 0.3) is 11.1 Å². The highest BCUT2D eigenvalue weighted by Gasteiger charge is 2.27. The summed E-state index contributed by atoms with van der Waals surface area (Å²) in [6.07, 6.45) is 0. The maximum absolute atomic E-state index is 12.5. The number of hydrogen-bond donors (Lipinski definition) is 3. The van der Waals surface area contributed by atoms with Crippen LogP contribution < -0.4 is 10.0 Å². The van der Waals surface area contributed by atoms with Gasteiger partial charge in [0.1, 0.15) is 6.04 Å². The Hall–Kier alpha value is -2.71. The number of benzene rings is 2. The van der Waals surface area contributed by atoms with Crippen molar-refractivity contribution in [3.8, 4) is 11.1 Å². The van der Waals surface area contributed by atoms with Crippen molar-refractivity contribution in [2.75, 3.05) is 0 Å². The molecule has 3 N–H and O–H groups in total. The smallest absolute Gasteiger partial charge is 0.322 e. The van der Waals surface area contributed by atoms with Crippen molar-refractivity contribution in [3.05, 3.63) is 54.1 Å². The third-order valence-electron chi connectivity index (χ3n) is 4.21. The topological polar surface area (TPSA) is 113 Å². The minimum Gasteiger partial charge on any atom is -0.480 e. The van der Waals surface area contributed by atoms with Gasteiger partial charge in [0.05, 0.1) is 4.90 Å². The molecular formula is C20H24N2O5S. The number of amides is 1. The molecule has 0 saturated carbocycles. The van der Waals surface area contributed by atoms with Crippen LogP contribution in [-0.4, -0.2) is 31.4 Å². The molecule has 0 aliphatic rings. The molecule has 0 saturated heterocycles. The average Bonchev–Trinajstić information content (AvgIpc) is 2.64. The molecule has 1 unspecified atom stereocenters. The first-order chi connectivity index (χ1) is 13.1. The maximum atomic E-state index is 12.5. The van der Waals surface area contributed by atoms with Crippen molar-refractivity contribution in [1.29, 1.82) is 0 Å². The van der Waals surface area contributed by atoms with Gasteiger partial charge in [-0.15, -0.1) is 0 Å². The highest BCUT2D eigenvalue weighted by atomic mass is 32.2. The number of hydrogen-bond acceptors (Lipinski definition) is 4. The first kappa shape index (κ1) is 21.6. The molecule has 8 heteroatoms. The fraction of sp³-hybridized carbons (Fsp3) is 0.300. The molecule has 1 amide bonds. The third kappa shape index (κ3) is 5.64. The summed E-state index contributed by atoms with van der Waals surface area (Å²) in [4.78, 5) is 22.2. The predicted molar refractivity (Wildman–Crippen MR) is 106 cm³/mol. The lowest BCUT2D eigenvalue weighted by Gasteiger charge is -2.18. The van der Waals surface area contributed by atoms with Gasteiger partial charge in [0.25, 0.3) is 0 Å². The van der Waals surface area contributed by atoms with Crippen molar-refractivity contribution >= 4 is 21.9 Å². The van der Waals surface area contributed by atoms with Crippen LogP contribution in [0.3, 0.4) is 0 Å². The Labute approximate surface area is 164 Å². The molecule has 2 aromatic rings. The average molecular weight is 404 g/mol. The highest BCUT2D eigenvalue weighted by molar-refractivity contribution is 7.89. The lowest BCUT2D eigenvalue weighted by atomic mass is 10.0. The minimum absolute atomic E-state index is 0.00503. The molecule has 0 bridgehead atoms. The second-order valence-electron chi connectivity index (χ2n) is 6.81. The van der Waals surface area contributed by atoms with Gasteiger partial charge in [0, 0.05) is 13.5 Å². The van der Waals surface area contributed by atoms with Crippen molar-refractivity contribution in [1.82, 2.24) is 10.0 Å². The number of carbonyl (C=O) groups excluding carboxylic acids is 1. The largest absolute Gasteiger partial charge is 0.480 e. The van der Waals surface area contributed by atoms with Crippen LogP contribution in [0.15, 0.2) is 53.4 Å². The second-order valence-corrected chi connectivity index (χ2v) is 8.53. The predicted octanol–water partition coefficient (Wildman–Crippen LogP) is 2.38. The van der Waals surface area contributed by atoms with Gasteiger partial charge in [-0.3, -0.25) is 9.59 Å². The van der Waals surface area contributed by atoms with Crippen LogP contribution in [0.1, 0.15) is 26.3 Å². The van der Waals surface area contributed by atoms with E-state index < -0.39 is 22.0 Å². The Bertz CT molecular complexity index is 936. The van der Waals surface area contributed by atoms with Gasteiger partial charge in [-0.2, -0.15) is 4.72 Å². The number of nitrogens with one attached hydrogen (secondary N) is 2. The molecule has 0 spiro atoms. The van der Waals surface area contributed by atoms with Crippen LogP contribution in [-0.2, 0) is 26.2 Å². The van der Waals surface area contributed by atoms with E-state index in [2.05, 4.69) is 10.0 Å². The molecule has 0 fully saturated rings. The van der Waals surface area contributed by atoms with Gasteiger partial charge in [-0.1, -0.05) is 50.2 Å². The molecule has 0 aliphatic heterocycles. The van der Waals surface area contributed by atoms with E-state index in [0.29, 0.717) is 6.54 Å². The van der Waals surface area contributed by atoms with Gasteiger partial charge in [0.15, 0.2) is 0 Å². The zero-order valence-electron chi connectivity index (χ0n) is 16.0. The minimum atomic E-state index is -3.94. The van der Waals surface area contributed by atoms with E-state index in [-0.39, 0.29) is 16.7 Å². The molecule has 1 atom stereocenters. The third-order valence-corrected chi connectivity index (χ3v) is 5.67. The highest BCUT2D eigenvalue weighted by Crippen LogP contribution is 2.22. The number of carbonyl (C=O) groups is 2. The first-order valence-corrected chi connectivity index (χ1v) is 10.3. The van der Waals surface area contributed by atoms with E-state index in [1.54, 1.807) is 26.0 Å². The quantitative estimate of drug-likeness (QED) is 0.625. The maximum Gasteiger partial charge on any atom is 0.322 e. The lowest BCUT2D eigenvalue weighted by Crippen LogP contribution is -2.44. The van der Waals surface area contributed by atoms with E-state index in [0.717, 1.165) is 16.7 Å². The van der Waals surface area contributed by atoms with Crippen molar-refractivity contribution in [3.63, 3.8) is 0 Å². The van der Waals surface area contributed by atoms with E-state index in [9.17, 15) is 23.1 Å². The Morgan fingerprint density at radius 3 is 1.89 bits per heavy atom. The molecule has 0 heterocycles. The molecule has 7 nitrogen and oxygen atoms in total. The summed E-state index contributed by atoms with van der Waals surface area (Å²) < 4.78 is 27.2. The zero-order chi connectivity index (χ0) is 20.9.